The fourth-order valence-corrected chi connectivity index (χ4v) is 1.31. The van der Waals surface area contributed by atoms with E-state index in [2.05, 4.69) is 0 Å². The van der Waals surface area contributed by atoms with Gasteiger partial charge in [-0.05, 0) is 28.7 Å². The number of nitro benzene ring substituents is 1. The molecule has 0 spiro atoms. The largest absolute Gasteiger partial charge is 0.288 e. The van der Waals surface area contributed by atoms with Crippen LogP contribution < -0.4 is 0 Å². The molecule has 0 atom stereocenters. The van der Waals surface area contributed by atoms with Crippen LogP contribution in [0.3, 0.4) is 0 Å². The van der Waals surface area contributed by atoms with Crippen LogP contribution in [0.2, 0.25) is 5.02 Å². The van der Waals surface area contributed by atoms with E-state index < -0.39 is 4.92 Å². The van der Waals surface area contributed by atoms with Crippen molar-refractivity contribution in [3.05, 3.63) is 36.9 Å². The Balaban J connectivity index is 3.27. The molecule has 0 aliphatic rings. The number of hydrogen-bond acceptors (Lipinski definition) is 2. The Kier molecular flexibility index (Phi) is 2.67. The lowest BCUT2D eigenvalue weighted by molar-refractivity contribution is -0.384. The molecule has 1 rings (SSSR count). The molecule has 0 aliphatic carbocycles. The highest BCUT2D eigenvalue weighted by atomic mass is 127. The molecule has 5 heteroatoms. The number of benzene rings is 1. The van der Waals surface area contributed by atoms with Gasteiger partial charge in [0.2, 0.25) is 0 Å². The van der Waals surface area contributed by atoms with Crippen molar-refractivity contribution >= 4 is 39.9 Å². The van der Waals surface area contributed by atoms with Crippen molar-refractivity contribution in [1.82, 2.24) is 0 Å². The van der Waals surface area contributed by atoms with E-state index in [0.717, 1.165) is 0 Å². The van der Waals surface area contributed by atoms with E-state index in [9.17, 15) is 10.1 Å². The fraction of sp³-hybridized carbons (Fsp3) is 0. The second-order valence-electron chi connectivity index (χ2n) is 1.83. The second kappa shape index (κ2) is 3.36. The van der Waals surface area contributed by atoms with Gasteiger partial charge in [0.1, 0.15) is 5.02 Å². The smallest absolute Gasteiger partial charge is 0.258 e. The summed E-state index contributed by atoms with van der Waals surface area (Å²) in [5, 5.41) is 10.5. The monoisotopic (exact) mass is 283 g/mol. The van der Waals surface area contributed by atoms with E-state index in [1.165, 1.54) is 6.07 Å². The van der Waals surface area contributed by atoms with E-state index in [1.807, 2.05) is 22.6 Å². The predicted molar refractivity (Wildman–Crippen MR) is 50.8 cm³/mol. The lowest BCUT2D eigenvalue weighted by Crippen LogP contribution is -1.89. The number of halogens is 2. The maximum Gasteiger partial charge on any atom is 0.288 e. The maximum atomic E-state index is 10.3. The average Bonchev–Trinajstić information content (AvgIpc) is 1.94. The number of rotatable bonds is 1. The van der Waals surface area contributed by atoms with Crippen molar-refractivity contribution < 1.29 is 4.92 Å². The molecule has 58 valence electrons. The van der Waals surface area contributed by atoms with Crippen molar-refractivity contribution in [3.63, 3.8) is 0 Å². The van der Waals surface area contributed by atoms with Gasteiger partial charge in [-0.15, -0.1) is 0 Å². The molecule has 0 fully saturated rings. The molecule has 0 saturated heterocycles. The minimum atomic E-state index is -0.496. The molecule has 3 nitrogen and oxygen atoms in total. The Labute approximate surface area is 81.6 Å². The highest BCUT2D eigenvalue weighted by Crippen LogP contribution is 2.28. The highest BCUT2D eigenvalue weighted by molar-refractivity contribution is 14.1. The van der Waals surface area contributed by atoms with Crippen LogP contribution in [0.4, 0.5) is 5.69 Å². The molecule has 0 N–H and O–H groups in total. The van der Waals surface area contributed by atoms with Gasteiger partial charge in [-0.3, -0.25) is 10.1 Å². The minimum Gasteiger partial charge on any atom is -0.258 e. The van der Waals surface area contributed by atoms with Gasteiger partial charge in [0.15, 0.2) is 0 Å². The lowest BCUT2D eigenvalue weighted by atomic mass is 10.3. The lowest BCUT2D eigenvalue weighted by Gasteiger charge is -1.95. The molecular weight excluding hydrogens is 280 g/mol. The second-order valence-corrected chi connectivity index (χ2v) is 3.37. The zero-order valence-electron chi connectivity index (χ0n) is 5.25. The first-order valence-electron chi connectivity index (χ1n) is 2.71. The minimum absolute atomic E-state index is 0.0430. The summed E-state index contributed by atoms with van der Waals surface area (Å²) in [5.74, 6) is 0. The van der Waals surface area contributed by atoms with Crippen LogP contribution >= 0.6 is 34.2 Å². The summed E-state index contributed by atoms with van der Waals surface area (Å²) in [5.41, 5.74) is -0.0430. The Hall–Kier alpha value is -0.360. The van der Waals surface area contributed by atoms with E-state index in [0.29, 0.717) is 3.57 Å². The highest BCUT2D eigenvalue weighted by Gasteiger charge is 2.12. The van der Waals surface area contributed by atoms with Crippen molar-refractivity contribution in [2.75, 3.05) is 0 Å². The Bertz CT molecular complexity index is 303. The summed E-state index contributed by atoms with van der Waals surface area (Å²) >= 11 is 7.59. The van der Waals surface area contributed by atoms with Crippen LogP contribution in [0.1, 0.15) is 0 Å². The molecule has 0 unspecified atom stereocenters. The summed E-state index contributed by atoms with van der Waals surface area (Å²) in [6.07, 6.45) is 0. The van der Waals surface area contributed by atoms with Gasteiger partial charge in [0, 0.05) is 9.64 Å². The van der Waals surface area contributed by atoms with E-state index >= 15 is 0 Å². The fourth-order valence-electron chi connectivity index (χ4n) is 0.633. The first-order chi connectivity index (χ1) is 5.13. The third kappa shape index (κ3) is 1.81. The standard InChI is InChI=1S/C6H3ClINO2/c7-6-4(8)2-1-3-5(6)9(10)11/h1-3H. The topological polar surface area (TPSA) is 43.1 Å². The SMILES string of the molecule is O=[N+]([O-])c1cccc(I)c1Cl. The van der Waals surface area contributed by atoms with Crippen LogP contribution in [0, 0.1) is 13.7 Å². The molecule has 1 aromatic rings. The molecule has 0 aromatic heterocycles. The molecule has 0 bridgehead atoms. The van der Waals surface area contributed by atoms with Crippen LogP contribution in [0.15, 0.2) is 18.2 Å². The zero-order valence-corrected chi connectivity index (χ0v) is 8.17. The van der Waals surface area contributed by atoms with Gasteiger partial charge in [-0.25, -0.2) is 0 Å². The van der Waals surface area contributed by atoms with Crippen molar-refractivity contribution in [2.45, 2.75) is 0 Å². The van der Waals surface area contributed by atoms with Gasteiger partial charge in [0.05, 0.1) is 4.92 Å². The molecule has 0 heterocycles. The first-order valence-corrected chi connectivity index (χ1v) is 4.17. The van der Waals surface area contributed by atoms with Gasteiger partial charge < -0.3 is 0 Å². The molecular formula is C6H3ClINO2. The predicted octanol–water partition coefficient (Wildman–Crippen LogP) is 2.85. The van der Waals surface area contributed by atoms with Gasteiger partial charge in [-0.1, -0.05) is 17.7 Å². The van der Waals surface area contributed by atoms with E-state index in [-0.39, 0.29) is 10.7 Å². The number of nitro groups is 1. The van der Waals surface area contributed by atoms with Gasteiger partial charge >= 0.3 is 0 Å². The van der Waals surface area contributed by atoms with Crippen molar-refractivity contribution in [2.24, 2.45) is 0 Å². The molecule has 0 aliphatic heterocycles. The quantitative estimate of drug-likeness (QED) is 0.452. The van der Waals surface area contributed by atoms with Crippen LogP contribution in [-0.2, 0) is 0 Å². The van der Waals surface area contributed by atoms with Crippen LogP contribution in [0.25, 0.3) is 0 Å². The average molecular weight is 283 g/mol. The molecule has 0 radical (unpaired) electrons. The molecule has 0 saturated carbocycles. The van der Waals surface area contributed by atoms with Crippen LogP contribution in [-0.4, -0.2) is 4.92 Å². The van der Waals surface area contributed by atoms with E-state index in [4.69, 9.17) is 11.6 Å². The number of hydrogen-bond donors (Lipinski definition) is 0. The number of nitrogens with zero attached hydrogens (tertiary/aromatic N) is 1. The summed E-state index contributed by atoms with van der Waals surface area (Å²) < 4.78 is 0.693. The maximum absolute atomic E-state index is 10.3. The van der Waals surface area contributed by atoms with Gasteiger partial charge in [0.25, 0.3) is 5.69 Å². The van der Waals surface area contributed by atoms with Crippen molar-refractivity contribution in [1.29, 1.82) is 0 Å². The first kappa shape index (κ1) is 8.73. The Morgan fingerprint density at radius 1 is 1.55 bits per heavy atom. The third-order valence-corrected chi connectivity index (χ3v) is 2.74. The van der Waals surface area contributed by atoms with E-state index in [1.54, 1.807) is 12.1 Å². The summed E-state index contributed by atoms with van der Waals surface area (Å²) in [6, 6.07) is 4.70. The van der Waals surface area contributed by atoms with Crippen molar-refractivity contribution in [3.8, 4) is 0 Å². The zero-order chi connectivity index (χ0) is 8.43. The summed E-state index contributed by atoms with van der Waals surface area (Å²) in [6.45, 7) is 0. The normalized spacial score (nSPS) is 9.64. The molecule has 1 aromatic carbocycles. The van der Waals surface area contributed by atoms with Gasteiger partial charge in [-0.2, -0.15) is 0 Å². The summed E-state index contributed by atoms with van der Waals surface area (Å²) in [7, 11) is 0. The molecule has 0 amide bonds. The molecule has 11 heavy (non-hydrogen) atoms. The Morgan fingerprint density at radius 3 is 2.64 bits per heavy atom. The Morgan fingerprint density at radius 2 is 2.18 bits per heavy atom. The summed E-state index contributed by atoms with van der Waals surface area (Å²) in [4.78, 5) is 9.80. The van der Waals surface area contributed by atoms with Crippen LogP contribution in [0.5, 0.6) is 0 Å². The third-order valence-electron chi connectivity index (χ3n) is 1.13.